The van der Waals surface area contributed by atoms with Crippen LogP contribution in [0.25, 0.3) is 0 Å². The first-order valence-corrected chi connectivity index (χ1v) is 10.5. The zero-order valence-electron chi connectivity index (χ0n) is 14.0. The summed E-state index contributed by atoms with van der Waals surface area (Å²) in [6.45, 7) is 0.678. The van der Waals surface area contributed by atoms with Gasteiger partial charge >= 0.3 is 0 Å². The Morgan fingerprint density at radius 3 is 2.68 bits per heavy atom. The Kier molecular flexibility index (Phi) is 5.16. The van der Waals surface area contributed by atoms with Crippen LogP contribution in [0.2, 0.25) is 5.02 Å². The second-order valence-corrected chi connectivity index (χ2v) is 8.81. The van der Waals surface area contributed by atoms with E-state index < -0.39 is 9.84 Å². The van der Waals surface area contributed by atoms with Gasteiger partial charge in [-0.05, 0) is 49.1 Å². The van der Waals surface area contributed by atoms with Crippen molar-refractivity contribution in [2.45, 2.75) is 30.2 Å². The van der Waals surface area contributed by atoms with Crippen molar-refractivity contribution in [1.82, 2.24) is 4.90 Å². The van der Waals surface area contributed by atoms with Crippen LogP contribution >= 0.6 is 11.6 Å². The van der Waals surface area contributed by atoms with Gasteiger partial charge in [-0.25, -0.2) is 8.42 Å². The van der Waals surface area contributed by atoms with Crippen LogP contribution in [-0.2, 0) is 16.3 Å². The van der Waals surface area contributed by atoms with Crippen molar-refractivity contribution >= 4 is 27.3 Å². The average Bonchev–Trinajstić information content (AvgIpc) is 3.04. The van der Waals surface area contributed by atoms with Crippen molar-refractivity contribution < 1.29 is 13.2 Å². The highest BCUT2D eigenvalue weighted by atomic mass is 35.5. The molecule has 25 heavy (non-hydrogen) atoms. The fourth-order valence-corrected chi connectivity index (χ4v) is 4.14. The lowest BCUT2D eigenvalue weighted by atomic mass is 10.0. The third-order valence-electron chi connectivity index (χ3n) is 4.56. The van der Waals surface area contributed by atoms with E-state index in [1.807, 2.05) is 29.2 Å². The summed E-state index contributed by atoms with van der Waals surface area (Å²) >= 11 is 6.25. The van der Waals surface area contributed by atoms with Crippen LogP contribution in [0.4, 0.5) is 0 Å². The summed E-state index contributed by atoms with van der Waals surface area (Å²) < 4.78 is 23.5. The number of hydrogen-bond acceptors (Lipinski definition) is 3. The Morgan fingerprint density at radius 2 is 1.96 bits per heavy atom. The zero-order chi connectivity index (χ0) is 18.0. The van der Waals surface area contributed by atoms with Gasteiger partial charge in [0.05, 0.1) is 4.90 Å². The van der Waals surface area contributed by atoms with Crippen molar-refractivity contribution in [2.24, 2.45) is 0 Å². The van der Waals surface area contributed by atoms with Gasteiger partial charge in [-0.15, -0.1) is 0 Å². The molecule has 0 aromatic heterocycles. The molecule has 0 saturated carbocycles. The second-order valence-electron chi connectivity index (χ2n) is 6.39. The highest BCUT2D eigenvalue weighted by Crippen LogP contribution is 2.26. The Balaban J connectivity index is 1.83. The van der Waals surface area contributed by atoms with Gasteiger partial charge in [-0.3, -0.25) is 4.79 Å². The maximum atomic E-state index is 12.9. The van der Waals surface area contributed by atoms with Crippen molar-refractivity contribution in [3.63, 3.8) is 0 Å². The molecule has 0 spiro atoms. The molecule has 3 rings (SSSR count). The molecule has 1 aliphatic rings. The normalized spacial score (nSPS) is 17.7. The molecule has 1 amide bonds. The van der Waals surface area contributed by atoms with Crippen LogP contribution in [0.5, 0.6) is 0 Å². The smallest absolute Gasteiger partial charge is 0.254 e. The number of amides is 1. The maximum Gasteiger partial charge on any atom is 0.254 e. The summed E-state index contributed by atoms with van der Waals surface area (Å²) in [5.74, 6) is -0.125. The molecule has 0 N–H and O–H groups in total. The van der Waals surface area contributed by atoms with Gasteiger partial charge in [0.1, 0.15) is 0 Å². The van der Waals surface area contributed by atoms with E-state index in [1.165, 1.54) is 12.1 Å². The van der Waals surface area contributed by atoms with Crippen molar-refractivity contribution in [3.05, 3.63) is 64.7 Å². The van der Waals surface area contributed by atoms with Crippen LogP contribution in [0.15, 0.2) is 53.4 Å². The van der Waals surface area contributed by atoms with Crippen LogP contribution in [0.3, 0.4) is 0 Å². The molecule has 132 valence electrons. The van der Waals surface area contributed by atoms with Crippen LogP contribution in [0, 0.1) is 0 Å². The van der Waals surface area contributed by atoms with Crippen LogP contribution in [-0.4, -0.2) is 38.1 Å². The van der Waals surface area contributed by atoms with E-state index >= 15 is 0 Å². The molecule has 1 atom stereocenters. The van der Waals surface area contributed by atoms with Gasteiger partial charge in [0.2, 0.25) is 0 Å². The number of hydrogen-bond donors (Lipinski definition) is 0. The SMILES string of the molecule is CS(=O)(=O)c1cccc(C(=O)N2CCC[C@H]2Cc2ccccc2Cl)c1. The molecule has 1 fully saturated rings. The first-order valence-electron chi connectivity index (χ1n) is 8.21. The molecule has 0 unspecified atom stereocenters. The maximum absolute atomic E-state index is 12.9. The van der Waals surface area contributed by atoms with E-state index in [1.54, 1.807) is 12.1 Å². The lowest BCUT2D eigenvalue weighted by Crippen LogP contribution is -2.36. The summed E-state index contributed by atoms with van der Waals surface area (Å²) in [4.78, 5) is 14.9. The van der Waals surface area contributed by atoms with E-state index in [-0.39, 0.29) is 16.8 Å². The number of rotatable bonds is 4. The highest BCUT2D eigenvalue weighted by Gasteiger charge is 2.30. The summed E-state index contributed by atoms with van der Waals surface area (Å²) in [5.41, 5.74) is 1.44. The molecular formula is C19H20ClNO3S. The van der Waals surface area contributed by atoms with Gasteiger partial charge in [0.25, 0.3) is 5.91 Å². The fraction of sp³-hybridized carbons (Fsp3) is 0.316. The van der Waals surface area contributed by atoms with E-state index in [2.05, 4.69) is 0 Å². The molecule has 2 aromatic rings. The monoisotopic (exact) mass is 377 g/mol. The summed E-state index contributed by atoms with van der Waals surface area (Å²) in [6, 6.07) is 14.0. The van der Waals surface area contributed by atoms with Crippen molar-refractivity contribution in [3.8, 4) is 0 Å². The van der Waals surface area contributed by atoms with E-state index in [9.17, 15) is 13.2 Å². The van der Waals surface area contributed by atoms with E-state index in [4.69, 9.17) is 11.6 Å². The summed E-state index contributed by atoms with van der Waals surface area (Å²) in [5, 5.41) is 0.709. The van der Waals surface area contributed by atoms with E-state index in [0.29, 0.717) is 23.6 Å². The third kappa shape index (κ3) is 4.05. The fourth-order valence-electron chi connectivity index (χ4n) is 3.26. The molecular weight excluding hydrogens is 358 g/mol. The molecule has 1 saturated heterocycles. The second kappa shape index (κ2) is 7.18. The molecule has 1 heterocycles. The molecule has 1 aliphatic heterocycles. The molecule has 0 aliphatic carbocycles. The lowest BCUT2D eigenvalue weighted by Gasteiger charge is -2.25. The quantitative estimate of drug-likeness (QED) is 0.818. The average molecular weight is 378 g/mol. The number of carbonyl (C=O) groups is 1. The molecule has 2 aromatic carbocycles. The van der Waals surface area contributed by atoms with Crippen molar-refractivity contribution in [2.75, 3.05) is 12.8 Å². The Morgan fingerprint density at radius 1 is 1.20 bits per heavy atom. The molecule has 0 radical (unpaired) electrons. The van der Waals surface area contributed by atoms with Crippen molar-refractivity contribution in [1.29, 1.82) is 0 Å². The Hall–Kier alpha value is -1.85. The van der Waals surface area contributed by atoms with Gasteiger partial charge in [-0.2, -0.15) is 0 Å². The topological polar surface area (TPSA) is 54.5 Å². The minimum absolute atomic E-state index is 0.0780. The number of carbonyl (C=O) groups excluding carboxylic acids is 1. The number of halogens is 1. The van der Waals surface area contributed by atoms with Gasteiger partial charge in [-0.1, -0.05) is 35.9 Å². The summed E-state index contributed by atoms with van der Waals surface area (Å²) in [7, 11) is -3.34. The number of nitrogens with zero attached hydrogens (tertiary/aromatic N) is 1. The Bertz CT molecular complexity index is 895. The van der Waals surface area contributed by atoms with Gasteiger partial charge in [0, 0.05) is 29.4 Å². The standard InChI is InChI=1S/C19H20ClNO3S/c1-25(23,24)17-9-4-7-15(13-17)19(22)21-11-5-8-16(21)12-14-6-2-3-10-18(14)20/h2-4,6-7,9-10,13,16H,5,8,11-12H2,1H3/t16-/m0/s1. The van der Waals surface area contributed by atoms with E-state index in [0.717, 1.165) is 24.7 Å². The van der Waals surface area contributed by atoms with Gasteiger partial charge in [0.15, 0.2) is 9.84 Å². The zero-order valence-corrected chi connectivity index (χ0v) is 15.6. The van der Waals surface area contributed by atoms with Gasteiger partial charge < -0.3 is 4.90 Å². The minimum atomic E-state index is -3.34. The largest absolute Gasteiger partial charge is 0.335 e. The first-order chi connectivity index (χ1) is 11.9. The predicted octanol–water partition coefficient (Wildman–Crippen LogP) is 3.59. The lowest BCUT2D eigenvalue weighted by molar-refractivity contribution is 0.0736. The highest BCUT2D eigenvalue weighted by molar-refractivity contribution is 7.90. The third-order valence-corrected chi connectivity index (χ3v) is 6.04. The number of sulfone groups is 1. The number of benzene rings is 2. The summed E-state index contributed by atoms with van der Waals surface area (Å²) in [6.07, 6.45) is 3.71. The van der Waals surface area contributed by atoms with Crippen LogP contribution in [0.1, 0.15) is 28.8 Å². The van der Waals surface area contributed by atoms with Crippen LogP contribution < -0.4 is 0 Å². The molecule has 6 heteroatoms. The molecule has 4 nitrogen and oxygen atoms in total. The molecule has 0 bridgehead atoms. The Labute approximate surface area is 153 Å². The minimum Gasteiger partial charge on any atom is -0.335 e. The first kappa shape index (κ1) is 18.0. The number of likely N-dealkylation sites (tertiary alicyclic amines) is 1. The predicted molar refractivity (Wildman–Crippen MR) is 98.8 cm³/mol.